The zero-order valence-electron chi connectivity index (χ0n) is 12.4. The third-order valence-corrected chi connectivity index (χ3v) is 4.50. The molecular formula is C16H24N4O. The lowest BCUT2D eigenvalue weighted by Gasteiger charge is -2.39. The van der Waals surface area contributed by atoms with E-state index in [-0.39, 0.29) is 11.9 Å². The Bertz CT molecular complexity index is 497. The highest BCUT2D eigenvalue weighted by Crippen LogP contribution is 2.21. The van der Waals surface area contributed by atoms with Crippen LogP contribution in [0.4, 0.5) is 11.4 Å². The van der Waals surface area contributed by atoms with E-state index < -0.39 is 0 Å². The summed E-state index contributed by atoms with van der Waals surface area (Å²) in [6.07, 6.45) is 3.23. The molecule has 0 bridgehead atoms. The number of benzene rings is 1. The van der Waals surface area contributed by atoms with E-state index in [1.165, 1.54) is 5.69 Å². The quantitative estimate of drug-likeness (QED) is 0.799. The molecule has 0 aliphatic carbocycles. The van der Waals surface area contributed by atoms with Gasteiger partial charge < -0.3 is 16.0 Å². The molecule has 1 aromatic carbocycles. The Kier molecular flexibility index (Phi) is 4.29. The van der Waals surface area contributed by atoms with Crippen molar-refractivity contribution in [1.82, 2.24) is 10.2 Å². The van der Waals surface area contributed by atoms with Crippen LogP contribution < -0.4 is 16.0 Å². The number of hydrogen-bond donors (Lipinski definition) is 2. The van der Waals surface area contributed by atoms with Gasteiger partial charge in [-0.25, -0.2) is 0 Å². The van der Waals surface area contributed by atoms with Crippen LogP contribution in [0.25, 0.3) is 0 Å². The first-order valence-corrected chi connectivity index (χ1v) is 7.86. The van der Waals surface area contributed by atoms with E-state index in [9.17, 15) is 4.79 Å². The first kappa shape index (κ1) is 14.2. The van der Waals surface area contributed by atoms with Gasteiger partial charge in [0.15, 0.2) is 0 Å². The highest BCUT2D eigenvalue weighted by atomic mass is 16.2. The van der Waals surface area contributed by atoms with E-state index in [4.69, 9.17) is 5.73 Å². The Morgan fingerprint density at radius 3 is 2.71 bits per heavy atom. The summed E-state index contributed by atoms with van der Waals surface area (Å²) in [6.45, 7) is 4.61. The predicted molar refractivity (Wildman–Crippen MR) is 85.3 cm³/mol. The minimum Gasteiger partial charge on any atom is -0.399 e. The molecule has 0 radical (unpaired) electrons. The summed E-state index contributed by atoms with van der Waals surface area (Å²) in [5.74, 6) is 0.213. The molecule has 114 valence electrons. The second kappa shape index (κ2) is 6.35. The molecule has 0 saturated carbocycles. The number of piperazine rings is 1. The fourth-order valence-electron chi connectivity index (χ4n) is 3.28. The van der Waals surface area contributed by atoms with Crippen molar-refractivity contribution in [2.24, 2.45) is 0 Å². The molecule has 1 amide bonds. The third kappa shape index (κ3) is 3.29. The van der Waals surface area contributed by atoms with Crippen LogP contribution >= 0.6 is 0 Å². The molecule has 3 rings (SSSR count). The molecule has 1 atom stereocenters. The Hall–Kier alpha value is -1.75. The highest BCUT2D eigenvalue weighted by Gasteiger charge is 2.29. The lowest BCUT2D eigenvalue weighted by Crippen LogP contribution is -2.54. The van der Waals surface area contributed by atoms with Gasteiger partial charge in [0.1, 0.15) is 0 Å². The molecule has 5 heteroatoms. The first-order valence-electron chi connectivity index (χ1n) is 7.86. The SMILES string of the molecule is Nc1cccc(N2CCN(C3CCCCNC3=O)CC2)c1. The number of nitrogens with two attached hydrogens (primary N) is 1. The molecular weight excluding hydrogens is 264 g/mol. The zero-order valence-corrected chi connectivity index (χ0v) is 12.4. The van der Waals surface area contributed by atoms with Gasteiger partial charge in [0.05, 0.1) is 6.04 Å². The summed E-state index contributed by atoms with van der Waals surface area (Å²) < 4.78 is 0. The number of nitrogens with zero attached hydrogens (tertiary/aromatic N) is 2. The molecule has 2 aliphatic rings. The number of hydrogen-bond acceptors (Lipinski definition) is 4. The Morgan fingerprint density at radius 2 is 1.95 bits per heavy atom. The molecule has 21 heavy (non-hydrogen) atoms. The van der Waals surface area contributed by atoms with Gasteiger partial charge in [0.2, 0.25) is 5.91 Å². The number of carbonyl (C=O) groups excluding carboxylic acids is 1. The van der Waals surface area contributed by atoms with Gasteiger partial charge in [-0.2, -0.15) is 0 Å². The van der Waals surface area contributed by atoms with E-state index in [2.05, 4.69) is 21.2 Å². The van der Waals surface area contributed by atoms with Crippen molar-refractivity contribution in [3.05, 3.63) is 24.3 Å². The minimum atomic E-state index is 0.0653. The van der Waals surface area contributed by atoms with Crippen molar-refractivity contribution in [2.75, 3.05) is 43.4 Å². The fraction of sp³-hybridized carbons (Fsp3) is 0.562. The van der Waals surface area contributed by atoms with E-state index in [0.29, 0.717) is 0 Å². The molecule has 5 nitrogen and oxygen atoms in total. The maximum absolute atomic E-state index is 12.1. The van der Waals surface area contributed by atoms with Crippen LogP contribution in [0.15, 0.2) is 24.3 Å². The first-order chi connectivity index (χ1) is 10.2. The third-order valence-electron chi connectivity index (χ3n) is 4.50. The number of nitrogen functional groups attached to an aromatic ring is 1. The second-order valence-electron chi connectivity index (χ2n) is 5.92. The molecule has 2 aliphatic heterocycles. The average molecular weight is 288 g/mol. The lowest BCUT2D eigenvalue weighted by molar-refractivity contribution is -0.126. The van der Waals surface area contributed by atoms with Crippen LogP contribution in [-0.2, 0) is 4.79 Å². The molecule has 3 N–H and O–H groups in total. The highest BCUT2D eigenvalue weighted by molar-refractivity contribution is 5.82. The van der Waals surface area contributed by atoms with Crippen molar-refractivity contribution in [3.8, 4) is 0 Å². The number of rotatable bonds is 2. The molecule has 2 fully saturated rings. The van der Waals surface area contributed by atoms with Crippen LogP contribution in [0.5, 0.6) is 0 Å². The molecule has 2 heterocycles. The van der Waals surface area contributed by atoms with Gasteiger partial charge in [-0.1, -0.05) is 6.07 Å². The van der Waals surface area contributed by atoms with E-state index in [1.807, 2.05) is 18.2 Å². The van der Waals surface area contributed by atoms with E-state index in [0.717, 1.165) is 57.7 Å². The van der Waals surface area contributed by atoms with Crippen LogP contribution in [-0.4, -0.2) is 49.6 Å². The monoisotopic (exact) mass is 288 g/mol. The summed E-state index contributed by atoms with van der Waals surface area (Å²) in [7, 11) is 0. The maximum Gasteiger partial charge on any atom is 0.237 e. The Morgan fingerprint density at radius 1 is 1.14 bits per heavy atom. The normalized spacial score (nSPS) is 24.5. The Balaban J connectivity index is 1.60. The van der Waals surface area contributed by atoms with Crippen LogP contribution in [0, 0.1) is 0 Å². The molecule has 1 aromatic rings. The molecule has 1 unspecified atom stereocenters. The van der Waals surface area contributed by atoms with Crippen molar-refractivity contribution < 1.29 is 4.79 Å². The van der Waals surface area contributed by atoms with Gasteiger partial charge >= 0.3 is 0 Å². The van der Waals surface area contributed by atoms with Gasteiger partial charge in [0, 0.05) is 44.1 Å². The second-order valence-corrected chi connectivity index (χ2v) is 5.92. The van der Waals surface area contributed by atoms with Crippen molar-refractivity contribution in [2.45, 2.75) is 25.3 Å². The summed E-state index contributed by atoms with van der Waals surface area (Å²) in [4.78, 5) is 16.8. The topological polar surface area (TPSA) is 61.6 Å². The van der Waals surface area contributed by atoms with Crippen LogP contribution in [0.3, 0.4) is 0 Å². The van der Waals surface area contributed by atoms with Crippen LogP contribution in [0.2, 0.25) is 0 Å². The predicted octanol–water partition coefficient (Wildman–Crippen LogP) is 1.06. The number of carbonyl (C=O) groups is 1. The standard InChI is InChI=1S/C16H24N4O/c17-13-4-3-5-14(12-13)19-8-10-20(11-9-19)15-6-1-2-7-18-16(15)21/h3-5,12,15H,1-2,6-11,17H2,(H,18,21). The van der Waals surface area contributed by atoms with Gasteiger partial charge in [0.25, 0.3) is 0 Å². The van der Waals surface area contributed by atoms with E-state index >= 15 is 0 Å². The molecule has 0 spiro atoms. The molecule has 2 saturated heterocycles. The van der Waals surface area contributed by atoms with Gasteiger partial charge in [-0.05, 0) is 37.5 Å². The van der Waals surface area contributed by atoms with E-state index in [1.54, 1.807) is 0 Å². The maximum atomic E-state index is 12.1. The van der Waals surface area contributed by atoms with Gasteiger partial charge in [-0.15, -0.1) is 0 Å². The fourth-order valence-corrected chi connectivity index (χ4v) is 3.28. The lowest BCUT2D eigenvalue weighted by atomic mass is 10.1. The summed E-state index contributed by atoms with van der Waals surface area (Å²) in [6, 6.07) is 8.10. The van der Waals surface area contributed by atoms with Crippen molar-refractivity contribution in [1.29, 1.82) is 0 Å². The zero-order chi connectivity index (χ0) is 14.7. The smallest absolute Gasteiger partial charge is 0.237 e. The summed E-state index contributed by atoms with van der Waals surface area (Å²) in [5.41, 5.74) is 7.84. The number of amides is 1. The van der Waals surface area contributed by atoms with Crippen molar-refractivity contribution in [3.63, 3.8) is 0 Å². The largest absolute Gasteiger partial charge is 0.399 e. The van der Waals surface area contributed by atoms with Crippen molar-refractivity contribution >= 4 is 17.3 Å². The minimum absolute atomic E-state index is 0.0653. The summed E-state index contributed by atoms with van der Waals surface area (Å²) >= 11 is 0. The molecule has 0 aromatic heterocycles. The average Bonchev–Trinajstić information content (AvgIpc) is 2.72. The summed E-state index contributed by atoms with van der Waals surface area (Å²) in [5, 5.41) is 3.03. The van der Waals surface area contributed by atoms with Gasteiger partial charge in [-0.3, -0.25) is 9.69 Å². The van der Waals surface area contributed by atoms with Crippen LogP contribution in [0.1, 0.15) is 19.3 Å². The number of anilines is 2. The Labute approximate surface area is 126 Å². The number of nitrogens with one attached hydrogen (secondary N) is 1.